The van der Waals surface area contributed by atoms with Crippen LogP contribution in [0.5, 0.6) is 5.75 Å². The maximum atomic E-state index is 14.3. The molecule has 4 aromatic carbocycles. The predicted octanol–water partition coefficient (Wildman–Crippen LogP) is 6.22. The molecule has 0 bridgehead atoms. The first-order valence-corrected chi connectivity index (χ1v) is 15.9. The van der Waals surface area contributed by atoms with Gasteiger partial charge in [0.1, 0.15) is 5.56 Å². The zero-order chi connectivity index (χ0) is 34.8. The number of ketones is 2. The number of carbonyl (C=O) groups is 3. The molecule has 0 unspecified atom stereocenters. The van der Waals surface area contributed by atoms with Crippen LogP contribution < -0.4 is 10.9 Å². The van der Waals surface area contributed by atoms with Crippen molar-refractivity contribution in [2.75, 3.05) is 26.2 Å². The van der Waals surface area contributed by atoms with Crippen LogP contribution in [0.1, 0.15) is 53.7 Å². The van der Waals surface area contributed by atoms with Crippen molar-refractivity contribution in [2.24, 2.45) is 11.8 Å². The molecule has 0 saturated carbocycles. The van der Waals surface area contributed by atoms with Gasteiger partial charge in [0.15, 0.2) is 28.7 Å². The fourth-order valence-corrected chi connectivity index (χ4v) is 6.78. The number of piperidine rings is 1. The van der Waals surface area contributed by atoms with Crippen molar-refractivity contribution in [1.82, 2.24) is 10.2 Å². The molecule has 1 aliphatic rings. The van der Waals surface area contributed by atoms with Gasteiger partial charge < -0.3 is 19.7 Å². The van der Waals surface area contributed by atoms with Crippen LogP contribution >= 0.6 is 0 Å². The smallest absolute Gasteiger partial charge is 0.349 e. The molecule has 49 heavy (non-hydrogen) atoms. The lowest BCUT2D eigenvalue weighted by Crippen LogP contribution is -2.52. The first kappa shape index (κ1) is 33.4. The minimum atomic E-state index is -1.44. The molecule has 0 radical (unpaired) electrons. The molecule has 1 saturated heterocycles. The van der Waals surface area contributed by atoms with E-state index in [1.165, 1.54) is 0 Å². The van der Waals surface area contributed by atoms with E-state index in [1.54, 1.807) is 48.5 Å². The van der Waals surface area contributed by atoms with E-state index >= 15 is 0 Å². The second kappa shape index (κ2) is 13.9. The van der Waals surface area contributed by atoms with Crippen LogP contribution in [-0.2, 0) is 0 Å². The van der Waals surface area contributed by atoms with E-state index in [4.69, 9.17) is 4.42 Å². The van der Waals surface area contributed by atoms with Gasteiger partial charge in [-0.2, -0.15) is 4.39 Å². The molecule has 2 atom stereocenters. The molecule has 2 heterocycles. The van der Waals surface area contributed by atoms with E-state index in [0.29, 0.717) is 24.2 Å². The molecule has 0 spiro atoms. The number of fused-ring (bicyclic) bond motifs is 1. The van der Waals surface area contributed by atoms with Crippen LogP contribution in [-0.4, -0.2) is 53.7 Å². The molecule has 1 aromatic heterocycles. The van der Waals surface area contributed by atoms with Crippen LogP contribution in [0.3, 0.4) is 0 Å². The number of aromatic hydroxyl groups is 1. The summed E-state index contributed by atoms with van der Waals surface area (Å²) in [4.78, 5) is 56.2. The van der Waals surface area contributed by atoms with Crippen LogP contribution in [0.2, 0.25) is 0 Å². The van der Waals surface area contributed by atoms with Crippen LogP contribution in [0.4, 0.5) is 8.78 Å². The SMILES string of the molecule is Cc1cccc(C2[C@@H](C(=O)c3ccccc3)CN(CCNC(=O)c3cc4cc(F)c(O)c(F)c4oc3=O)C[C@@H]2C(=O)c2ccccc2)c1C. The average Bonchev–Trinajstić information content (AvgIpc) is 3.12. The monoisotopic (exact) mass is 664 g/mol. The quantitative estimate of drug-likeness (QED) is 0.142. The van der Waals surface area contributed by atoms with E-state index in [1.807, 2.05) is 49.1 Å². The second-order valence-corrected chi connectivity index (χ2v) is 12.4. The van der Waals surface area contributed by atoms with Gasteiger partial charge in [-0.25, -0.2) is 9.18 Å². The molecule has 10 heteroatoms. The van der Waals surface area contributed by atoms with Crippen molar-refractivity contribution in [2.45, 2.75) is 19.8 Å². The summed E-state index contributed by atoms with van der Waals surface area (Å²) in [5, 5.41) is 12.0. The Hall–Kier alpha value is -5.48. The summed E-state index contributed by atoms with van der Waals surface area (Å²) >= 11 is 0. The van der Waals surface area contributed by atoms with Crippen molar-refractivity contribution >= 4 is 28.4 Å². The Morgan fingerprint density at radius 3 is 2.04 bits per heavy atom. The number of nitrogens with zero attached hydrogens (tertiary/aromatic N) is 1. The number of hydrogen-bond donors (Lipinski definition) is 2. The number of phenols is 1. The van der Waals surface area contributed by atoms with Crippen LogP contribution in [0, 0.1) is 37.3 Å². The van der Waals surface area contributed by atoms with Crippen LogP contribution in [0.15, 0.2) is 100 Å². The van der Waals surface area contributed by atoms with Gasteiger partial charge >= 0.3 is 5.63 Å². The number of nitrogens with one attached hydrogen (secondary N) is 1. The number of halogens is 2. The minimum absolute atomic E-state index is 0.0290. The summed E-state index contributed by atoms with van der Waals surface area (Å²) in [6, 6.07) is 25.7. The fourth-order valence-electron chi connectivity index (χ4n) is 6.78. The Kier molecular flexibility index (Phi) is 9.51. The summed E-state index contributed by atoms with van der Waals surface area (Å²) in [5.74, 6) is -6.64. The molecule has 250 valence electrons. The average molecular weight is 665 g/mol. The van der Waals surface area contributed by atoms with E-state index in [0.717, 1.165) is 28.8 Å². The standard InChI is InChI=1S/C39H34F2N2O6/c1-22-10-9-15-27(23(22)2)32-29(34(44)24-11-5-3-6-12-24)20-43(21-30(32)35(45)25-13-7-4-8-14-25)17-16-42-38(47)28-18-26-19-31(40)36(46)33(41)37(26)49-39(28)48/h3-15,18-19,29-30,32,46H,16-17,20-21H2,1-2H3,(H,42,47)/t29-,30-/m0/s1. The Labute approximate surface area is 281 Å². The molecular formula is C39H34F2N2O6. The minimum Gasteiger partial charge on any atom is -0.503 e. The number of phenolic OH excluding ortho intramolecular Hbond substituents is 1. The van der Waals surface area contributed by atoms with Gasteiger partial charge in [-0.1, -0.05) is 78.9 Å². The van der Waals surface area contributed by atoms with Crippen molar-refractivity contribution in [3.63, 3.8) is 0 Å². The van der Waals surface area contributed by atoms with Gasteiger partial charge in [-0.3, -0.25) is 14.4 Å². The first-order chi connectivity index (χ1) is 23.5. The summed E-state index contributed by atoms with van der Waals surface area (Å²) < 4.78 is 33.1. The third kappa shape index (κ3) is 6.64. The number of hydrogen-bond acceptors (Lipinski definition) is 7. The van der Waals surface area contributed by atoms with Gasteiger partial charge in [-0.05, 0) is 42.7 Å². The zero-order valence-corrected chi connectivity index (χ0v) is 26.9. The lowest BCUT2D eigenvalue weighted by molar-refractivity contribution is 0.0569. The molecule has 1 amide bonds. The first-order valence-electron chi connectivity index (χ1n) is 15.9. The summed E-state index contributed by atoms with van der Waals surface area (Å²) in [5.41, 5.74) is 1.79. The number of amides is 1. The van der Waals surface area contributed by atoms with Gasteiger partial charge in [-0.15, -0.1) is 0 Å². The highest BCUT2D eigenvalue weighted by Crippen LogP contribution is 2.42. The number of Topliss-reactive ketones (excluding diaryl/α,β-unsaturated/α-hetero) is 2. The second-order valence-electron chi connectivity index (χ2n) is 12.4. The molecule has 2 N–H and O–H groups in total. The fraction of sp³-hybridized carbons (Fsp3) is 0.231. The maximum absolute atomic E-state index is 14.3. The predicted molar refractivity (Wildman–Crippen MR) is 180 cm³/mol. The van der Waals surface area contributed by atoms with Gasteiger partial charge in [0, 0.05) is 60.4 Å². The number of likely N-dealkylation sites (tertiary alicyclic amines) is 1. The lowest BCUT2D eigenvalue weighted by atomic mass is 9.67. The van der Waals surface area contributed by atoms with E-state index < -0.39 is 57.8 Å². The maximum Gasteiger partial charge on any atom is 0.349 e. The van der Waals surface area contributed by atoms with Gasteiger partial charge in [0.25, 0.3) is 5.91 Å². The normalized spacial score (nSPS) is 16.8. The Morgan fingerprint density at radius 2 is 1.45 bits per heavy atom. The largest absolute Gasteiger partial charge is 0.503 e. The molecule has 1 aliphatic heterocycles. The van der Waals surface area contributed by atoms with Gasteiger partial charge in [0.05, 0.1) is 0 Å². The summed E-state index contributed by atoms with van der Waals surface area (Å²) in [6.07, 6.45) is 0. The Balaban J connectivity index is 1.30. The van der Waals surface area contributed by atoms with Crippen molar-refractivity contribution in [3.05, 3.63) is 146 Å². The number of rotatable bonds is 9. The molecule has 6 rings (SSSR count). The number of benzene rings is 4. The van der Waals surface area contributed by atoms with E-state index in [9.17, 15) is 33.1 Å². The van der Waals surface area contributed by atoms with Crippen molar-refractivity contribution in [1.29, 1.82) is 0 Å². The topological polar surface area (TPSA) is 117 Å². The van der Waals surface area contributed by atoms with E-state index in [-0.39, 0.29) is 30.0 Å². The molecule has 8 nitrogen and oxygen atoms in total. The zero-order valence-electron chi connectivity index (χ0n) is 26.9. The van der Waals surface area contributed by atoms with Gasteiger partial charge in [0.2, 0.25) is 5.82 Å². The third-order valence-corrected chi connectivity index (χ3v) is 9.42. The van der Waals surface area contributed by atoms with Crippen molar-refractivity contribution < 1.29 is 32.7 Å². The molecule has 1 fully saturated rings. The highest BCUT2D eigenvalue weighted by atomic mass is 19.1. The summed E-state index contributed by atoms with van der Waals surface area (Å²) in [7, 11) is 0. The lowest BCUT2D eigenvalue weighted by Gasteiger charge is -2.43. The number of carbonyl (C=O) groups excluding carboxylic acids is 3. The molecule has 0 aliphatic carbocycles. The van der Waals surface area contributed by atoms with Crippen molar-refractivity contribution in [3.8, 4) is 5.75 Å². The highest BCUT2D eigenvalue weighted by molar-refractivity contribution is 6.02. The highest BCUT2D eigenvalue weighted by Gasteiger charge is 2.45. The van der Waals surface area contributed by atoms with E-state index in [2.05, 4.69) is 5.32 Å². The molecular weight excluding hydrogens is 630 g/mol. The third-order valence-electron chi connectivity index (χ3n) is 9.42. The Bertz CT molecular complexity index is 2050. The summed E-state index contributed by atoms with van der Waals surface area (Å²) in [6.45, 7) is 4.89. The molecule has 5 aromatic rings. The number of aryl methyl sites for hydroxylation is 1. The van der Waals surface area contributed by atoms with Crippen LogP contribution in [0.25, 0.3) is 11.0 Å². The Morgan fingerprint density at radius 1 is 0.857 bits per heavy atom.